The molecule has 6 nitrogen and oxygen atoms in total. The second-order valence-corrected chi connectivity index (χ2v) is 7.78. The number of hydrogen-bond acceptors (Lipinski definition) is 6. The van der Waals surface area contributed by atoms with Gasteiger partial charge >= 0.3 is 6.36 Å². The van der Waals surface area contributed by atoms with Gasteiger partial charge in [0.15, 0.2) is 0 Å². The molecule has 2 radical (unpaired) electrons. The van der Waals surface area contributed by atoms with Crippen molar-refractivity contribution in [3.8, 4) is 22.1 Å². The third-order valence-electron chi connectivity index (χ3n) is 4.54. The van der Waals surface area contributed by atoms with Gasteiger partial charge in [-0.1, -0.05) is 0 Å². The number of hydrogen-bond donors (Lipinski definition) is 1. The molecule has 0 unspecified atom stereocenters. The lowest BCUT2D eigenvalue weighted by Crippen LogP contribution is -2.17. The highest BCUT2D eigenvalue weighted by Crippen LogP contribution is 2.32. The van der Waals surface area contributed by atoms with Crippen LogP contribution in [0, 0.1) is 27.2 Å². The van der Waals surface area contributed by atoms with E-state index in [1.807, 2.05) is 30.6 Å². The van der Waals surface area contributed by atoms with E-state index in [1.165, 1.54) is 29.5 Å². The third kappa shape index (κ3) is 4.75. The summed E-state index contributed by atoms with van der Waals surface area (Å²) in [6.07, 6.45) is 0.466. The Morgan fingerprint density at radius 1 is 1.19 bits per heavy atom. The van der Waals surface area contributed by atoms with Gasteiger partial charge < -0.3 is 10.1 Å². The number of benzene rings is 1. The Hall–Kier alpha value is -3.40. The minimum absolute atomic E-state index is 0.284. The normalized spacial score (nSPS) is 11.6. The fraction of sp³-hybridized carbons (Fsp3) is 0.136. The lowest BCUT2D eigenvalue weighted by molar-refractivity contribution is -0.274. The van der Waals surface area contributed by atoms with Gasteiger partial charge in [-0.25, -0.2) is 14.6 Å². The predicted octanol–water partition coefficient (Wildman–Crippen LogP) is 6.04. The van der Waals surface area contributed by atoms with Crippen LogP contribution in [0.25, 0.3) is 16.4 Å². The predicted molar refractivity (Wildman–Crippen MR) is 117 cm³/mol. The zero-order valence-corrected chi connectivity index (χ0v) is 18.0. The smallest absolute Gasteiger partial charge is 0.406 e. The second-order valence-electron chi connectivity index (χ2n) is 6.88. The quantitative estimate of drug-likeness (QED) is 0.383. The second kappa shape index (κ2) is 8.62. The summed E-state index contributed by atoms with van der Waals surface area (Å²) in [6, 6.07) is 7.84. The molecule has 0 aliphatic rings. The minimum Gasteiger partial charge on any atom is -0.406 e. The first-order chi connectivity index (χ1) is 15.2. The first-order valence-corrected chi connectivity index (χ1v) is 10.3. The summed E-state index contributed by atoms with van der Waals surface area (Å²) >= 11 is 1.50. The van der Waals surface area contributed by atoms with E-state index in [-0.39, 0.29) is 5.75 Å². The number of pyridine rings is 1. The van der Waals surface area contributed by atoms with Crippen molar-refractivity contribution in [3.05, 3.63) is 78.3 Å². The zero-order chi connectivity index (χ0) is 22.9. The highest BCUT2D eigenvalue weighted by atomic mass is 32.1. The molecule has 1 N–H and O–H groups in total. The van der Waals surface area contributed by atoms with Gasteiger partial charge in [0.1, 0.15) is 22.3 Å². The maximum atomic E-state index is 12.5. The molecule has 0 aliphatic heterocycles. The van der Waals surface area contributed by atoms with Gasteiger partial charge in [-0.05, 0) is 63.1 Å². The number of aromatic nitrogens is 4. The number of alkyl halides is 3. The lowest BCUT2D eigenvalue weighted by atomic mass is 10.1. The molecule has 4 aromatic rings. The molecule has 3 heterocycles. The van der Waals surface area contributed by atoms with Crippen LogP contribution in [0.1, 0.15) is 16.8 Å². The number of anilines is 2. The van der Waals surface area contributed by atoms with E-state index >= 15 is 0 Å². The summed E-state index contributed by atoms with van der Waals surface area (Å²) in [6.45, 7) is 7.44. The van der Waals surface area contributed by atoms with Crippen molar-refractivity contribution in [2.45, 2.75) is 20.2 Å². The zero-order valence-electron chi connectivity index (χ0n) is 17.1. The van der Waals surface area contributed by atoms with E-state index in [4.69, 9.17) is 0 Å². The molecule has 0 bridgehead atoms. The van der Waals surface area contributed by atoms with Crippen molar-refractivity contribution < 1.29 is 17.9 Å². The van der Waals surface area contributed by atoms with E-state index in [1.54, 1.807) is 24.2 Å². The maximum Gasteiger partial charge on any atom is 0.573 e. The van der Waals surface area contributed by atoms with Gasteiger partial charge in [0.2, 0.25) is 0 Å². The van der Waals surface area contributed by atoms with Crippen molar-refractivity contribution >= 4 is 22.8 Å². The van der Waals surface area contributed by atoms with E-state index < -0.39 is 6.36 Å². The fourth-order valence-corrected chi connectivity index (χ4v) is 3.78. The van der Waals surface area contributed by atoms with Gasteiger partial charge in [-0.3, -0.25) is 0 Å². The number of nitrogens with zero attached hydrogens (tertiary/aromatic N) is 4. The van der Waals surface area contributed by atoms with Crippen LogP contribution in [0.5, 0.6) is 5.75 Å². The Balaban J connectivity index is 1.68. The van der Waals surface area contributed by atoms with Crippen LogP contribution in [0.2, 0.25) is 0 Å². The largest absolute Gasteiger partial charge is 0.573 e. The molecule has 3 aromatic heterocycles. The van der Waals surface area contributed by atoms with Gasteiger partial charge in [-0.15, -0.1) is 24.5 Å². The Morgan fingerprint density at radius 3 is 2.66 bits per heavy atom. The summed E-state index contributed by atoms with van der Waals surface area (Å²) in [4.78, 5) is 8.84. The van der Waals surface area contributed by atoms with Crippen LogP contribution in [0.3, 0.4) is 0 Å². The summed E-state index contributed by atoms with van der Waals surface area (Å²) in [5, 5.41) is 10.5. The molecule has 0 fully saturated rings. The topological polar surface area (TPSA) is 64.9 Å². The number of nitrogens with one attached hydrogen (secondary N) is 1. The fourth-order valence-electron chi connectivity index (χ4n) is 3.18. The molecule has 1 aromatic carbocycles. The highest BCUT2D eigenvalue weighted by molar-refractivity contribution is 7.13. The number of ether oxygens (including phenoxy) is 1. The monoisotopic (exact) mass is 457 g/mol. The lowest BCUT2D eigenvalue weighted by Gasteiger charge is -2.17. The Morgan fingerprint density at radius 2 is 2.00 bits per heavy atom. The van der Waals surface area contributed by atoms with Gasteiger partial charge in [0.25, 0.3) is 0 Å². The van der Waals surface area contributed by atoms with Crippen molar-refractivity contribution in [1.82, 2.24) is 19.7 Å². The maximum absolute atomic E-state index is 12.5. The average molecular weight is 457 g/mol. The average Bonchev–Trinajstić information content (AvgIpc) is 3.40. The number of halogens is 3. The summed E-state index contributed by atoms with van der Waals surface area (Å²) in [5.74, 6) is 0.225. The van der Waals surface area contributed by atoms with Crippen molar-refractivity contribution in [2.24, 2.45) is 0 Å². The van der Waals surface area contributed by atoms with Crippen molar-refractivity contribution in [2.75, 3.05) is 5.32 Å². The van der Waals surface area contributed by atoms with E-state index in [0.717, 1.165) is 22.1 Å². The number of aryl methyl sites for hydroxylation is 2. The molecular formula is C22H18F3N5OS. The van der Waals surface area contributed by atoms with Crippen LogP contribution in [-0.2, 0) is 0 Å². The summed E-state index contributed by atoms with van der Waals surface area (Å²) in [5.41, 5.74) is 4.09. The molecule has 0 atom stereocenters. The van der Waals surface area contributed by atoms with Crippen molar-refractivity contribution in [3.63, 3.8) is 0 Å². The molecule has 0 amide bonds. The SMILES string of the molecule is [CH2][CH]c1c(-n2ccc(-c3nccs3)n2)cc(C)nc1Nc1ccc(OC(F)(F)F)cc1C. The third-order valence-corrected chi connectivity index (χ3v) is 5.34. The molecule has 0 saturated carbocycles. The first-order valence-electron chi connectivity index (χ1n) is 9.47. The number of rotatable bonds is 6. The van der Waals surface area contributed by atoms with Gasteiger partial charge in [0.05, 0.1) is 5.69 Å². The van der Waals surface area contributed by atoms with E-state index in [0.29, 0.717) is 22.6 Å². The first kappa shape index (κ1) is 21.8. The Labute approximate surface area is 186 Å². The Bertz CT molecular complexity index is 1240. The molecule has 0 aliphatic carbocycles. The Kier molecular flexibility index (Phi) is 5.88. The summed E-state index contributed by atoms with van der Waals surface area (Å²) in [7, 11) is 0. The van der Waals surface area contributed by atoms with Gasteiger partial charge in [0, 0.05) is 34.7 Å². The molecule has 10 heteroatoms. The van der Waals surface area contributed by atoms with Crippen LogP contribution < -0.4 is 10.1 Å². The van der Waals surface area contributed by atoms with Crippen LogP contribution >= 0.6 is 11.3 Å². The molecule has 4 rings (SSSR count). The van der Waals surface area contributed by atoms with Crippen LogP contribution in [0.15, 0.2) is 48.1 Å². The highest BCUT2D eigenvalue weighted by Gasteiger charge is 2.31. The van der Waals surface area contributed by atoms with E-state index in [9.17, 15) is 13.2 Å². The van der Waals surface area contributed by atoms with Gasteiger partial charge in [-0.2, -0.15) is 5.10 Å². The molecular weight excluding hydrogens is 439 g/mol. The van der Waals surface area contributed by atoms with Crippen molar-refractivity contribution in [1.29, 1.82) is 0 Å². The standard InChI is InChI=1S/C22H18F3N5OS/c1-4-16-19(30-9-7-18(29-30)21-26-8-10-32-21)12-14(3)27-20(16)28-17-6-5-15(11-13(17)2)31-22(23,24)25/h4-12H,1H2,2-3H3,(H,27,28). The number of thiazole rings is 1. The van der Waals surface area contributed by atoms with Crippen LogP contribution in [0.4, 0.5) is 24.7 Å². The molecule has 32 heavy (non-hydrogen) atoms. The summed E-state index contributed by atoms with van der Waals surface area (Å²) < 4.78 is 43.2. The minimum atomic E-state index is -4.74. The van der Waals surface area contributed by atoms with E-state index in [2.05, 4.69) is 32.0 Å². The molecule has 164 valence electrons. The molecule has 0 saturated heterocycles. The molecule has 0 spiro atoms. The van der Waals surface area contributed by atoms with Crippen LogP contribution in [-0.4, -0.2) is 26.1 Å².